The summed E-state index contributed by atoms with van der Waals surface area (Å²) in [5.41, 5.74) is 3.93. The number of hydrogen-bond acceptors (Lipinski definition) is 5. The van der Waals surface area contributed by atoms with Crippen molar-refractivity contribution >= 4 is 11.6 Å². The SMILES string of the molecule is COC(OCC1CC(O)CC(c2ccc(Cl)c(Cc3ccc(O)cc3)c2)O1)c1ccccc1. The number of methoxy groups -OCH3 is 1. The second-order valence-electron chi connectivity index (χ2n) is 8.38. The molecule has 1 heterocycles. The number of benzene rings is 3. The number of phenols is 1. The van der Waals surface area contributed by atoms with Gasteiger partial charge in [-0.2, -0.15) is 0 Å². The molecule has 1 aliphatic rings. The molecule has 1 saturated heterocycles. The third-order valence-corrected chi connectivity index (χ3v) is 6.24. The number of rotatable bonds is 8. The highest BCUT2D eigenvalue weighted by molar-refractivity contribution is 6.31. The van der Waals surface area contributed by atoms with Crippen LogP contribution < -0.4 is 0 Å². The van der Waals surface area contributed by atoms with E-state index in [9.17, 15) is 10.2 Å². The van der Waals surface area contributed by atoms with Crippen LogP contribution in [0.1, 0.15) is 47.5 Å². The van der Waals surface area contributed by atoms with Gasteiger partial charge in [0.05, 0.1) is 24.9 Å². The highest BCUT2D eigenvalue weighted by atomic mass is 35.5. The Bertz CT molecular complexity index is 1020. The average Bonchev–Trinajstić information content (AvgIpc) is 2.82. The monoisotopic (exact) mass is 468 g/mol. The molecule has 0 saturated carbocycles. The Hall–Kier alpha value is -2.41. The maximum Gasteiger partial charge on any atom is 0.183 e. The van der Waals surface area contributed by atoms with E-state index in [1.165, 1.54) is 0 Å². The Balaban J connectivity index is 1.43. The fourth-order valence-corrected chi connectivity index (χ4v) is 4.37. The summed E-state index contributed by atoms with van der Waals surface area (Å²) < 4.78 is 17.8. The lowest BCUT2D eigenvalue weighted by atomic mass is 9.94. The van der Waals surface area contributed by atoms with Gasteiger partial charge >= 0.3 is 0 Å². The minimum Gasteiger partial charge on any atom is -0.508 e. The second-order valence-corrected chi connectivity index (χ2v) is 8.78. The number of hydrogen-bond donors (Lipinski definition) is 2. The molecule has 4 atom stereocenters. The van der Waals surface area contributed by atoms with Crippen LogP contribution in [0.5, 0.6) is 5.75 Å². The van der Waals surface area contributed by atoms with Crippen molar-refractivity contribution in [1.82, 2.24) is 0 Å². The van der Waals surface area contributed by atoms with Crippen molar-refractivity contribution in [3.63, 3.8) is 0 Å². The summed E-state index contributed by atoms with van der Waals surface area (Å²) in [6.45, 7) is 0.314. The minimum absolute atomic E-state index is 0.236. The Morgan fingerprint density at radius 1 is 1.03 bits per heavy atom. The van der Waals surface area contributed by atoms with E-state index in [0.717, 1.165) is 22.3 Å². The van der Waals surface area contributed by atoms with E-state index in [1.54, 1.807) is 19.2 Å². The van der Waals surface area contributed by atoms with Gasteiger partial charge in [-0.15, -0.1) is 0 Å². The Morgan fingerprint density at radius 2 is 1.79 bits per heavy atom. The van der Waals surface area contributed by atoms with E-state index in [0.29, 0.717) is 30.9 Å². The molecular formula is C27H29ClO5. The molecule has 0 spiro atoms. The van der Waals surface area contributed by atoms with Crippen molar-refractivity contribution in [3.05, 3.63) is 100 Å². The van der Waals surface area contributed by atoms with E-state index >= 15 is 0 Å². The molecule has 33 heavy (non-hydrogen) atoms. The van der Waals surface area contributed by atoms with Crippen molar-refractivity contribution in [2.75, 3.05) is 13.7 Å². The summed E-state index contributed by atoms with van der Waals surface area (Å²) >= 11 is 6.46. The molecule has 0 bridgehead atoms. The summed E-state index contributed by atoms with van der Waals surface area (Å²) in [6.07, 6.45) is 0.193. The number of phenolic OH excluding ortho intramolecular Hbond substituents is 1. The van der Waals surface area contributed by atoms with Gasteiger partial charge in [-0.3, -0.25) is 0 Å². The van der Waals surface area contributed by atoms with Gasteiger partial charge in [-0.05, 0) is 41.3 Å². The summed E-state index contributed by atoms with van der Waals surface area (Å²) in [4.78, 5) is 0. The summed E-state index contributed by atoms with van der Waals surface area (Å²) in [7, 11) is 1.61. The van der Waals surface area contributed by atoms with Gasteiger partial charge in [0, 0.05) is 30.5 Å². The van der Waals surface area contributed by atoms with E-state index in [1.807, 2.05) is 60.7 Å². The van der Waals surface area contributed by atoms with Gasteiger partial charge in [0.1, 0.15) is 5.75 Å². The normalized spacial score (nSPS) is 21.6. The molecule has 6 heteroatoms. The van der Waals surface area contributed by atoms with Crippen LogP contribution >= 0.6 is 11.6 Å². The zero-order valence-corrected chi connectivity index (χ0v) is 19.3. The van der Waals surface area contributed by atoms with E-state index < -0.39 is 12.4 Å². The average molecular weight is 469 g/mol. The second kappa shape index (κ2) is 11.1. The zero-order chi connectivity index (χ0) is 23.2. The molecular weight excluding hydrogens is 440 g/mol. The van der Waals surface area contributed by atoms with Crippen LogP contribution in [0.25, 0.3) is 0 Å². The highest BCUT2D eigenvalue weighted by Gasteiger charge is 2.30. The first-order valence-corrected chi connectivity index (χ1v) is 11.5. The summed E-state index contributed by atoms with van der Waals surface area (Å²) in [6, 6.07) is 22.7. The largest absolute Gasteiger partial charge is 0.508 e. The predicted octanol–water partition coefficient (Wildman–Crippen LogP) is 5.58. The minimum atomic E-state index is -0.486. The van der Waals surface area contributed by atoms with Crippen LogP contribution in [0.2, 0.25) is 5.02 Å². The molecule has 0 amide bonds. The Kier molecular flexibility index (Phi) is 8.02. The van der Waals surface area contributed by atoms with Gasteiger partial charge in [0.2, 0.25) is 0 Å². The van der Waals surface area contributed by atoms with Gasteiger partial charge in [0.25, 0.3) is 0 Å². The van der Waals surface area contributed by atoms with Crippen LogP contribution in [0.4, 0.5) is 0 Å². The van der Waals surface area contributed by atoms with Gasteiger partial charge in [-0.25, -0.2) is 0 Å². The maximum absolute atomic E-state index is 10.5. The van der Waals surface area contributed by atoms with Crippen LogP contribution in [0.15, 0.2) is 72.8 Å². The predicted molar refractivity (Wildman–Crippen MR) is 127 cm³/mol. The number of aromatic hydroxyl groups is 1. The van der Waals surface area contributed by atoms with Crippen molar-refractivity contribution in [3.8, 4) is 5.75 Å². The molecule has 4 unspecified atom stereocenters. The smallest absolute Gasteiger partial charge is 0.183 e. The molecule has 1 fully saturated rings. The van der Waals surface area contributed by atoms with Gasteiger partial charge < -0.3 is 24.4 Å². The summed E-state index contributed by atoms with van der Waals surface area (Å²) in [5, 5.41) is 20.7. The van der Waals surface area contributed by atoms with Crippen molar-refractivity contribution in [2.45, 2.75) is 43.9 Å². The Morgan fingerprint density at radius 3 is 2.52 bits per heavy atom. The van der Waals surface area contributed by atoms with Crippen molar-refractivity contribution < 1.29 is 24.4 Å². The lowest BCUT2D eigenvalue weighted by Gasteiger charge is -2.34. The maximum atomic E-state index is 10.5. The lowest BCUT2D eigenvalue weighted by Crippen LogP contribution is -2.34. The first-order chi connectivity index (χ1) is 16.0. The first kappa shape index (κ1) is 23.7. The van der Waals surface area contributed by atoms with Crippen LogP contribution in [-0.2, 0) is 20.6 Å². The number of ether oxygens (including phenoxy) is 3. The van der Waals surface area contributed by atoms with Crippen LogP contribution in [0, 0.1) is 0 Å². The molecule has 2 N–H and O–H groups in total. The lowest BCUT2D eigenvalue weighted by molar-refractivity contribution is -0.179. The third-order valence-electron chi connectivity index (χ3n) is 5.87. The zero-order valence-electron chi connectivity index (χ0n) is 18.6. The third kappa shape index (κ3) is 6.34. The standard InChI is InChI=1S/C27H29ClO5/c1-31-27(19-5-3-2-4-6-19)32-17-24-15-23(30)16-26(33-24)20-9-12-25(28)21(14-20)13-18-7-10-22(29)11-8-18/h2-12,14,23-24,26-27,29-30H,13,15-17H2,1H3. The molecule has 1 aliphatic heterocycles. The molecule has 0 aliphatic carbocycles. The quantitative estimate of drug-likeness (QED) is 0.422. The fraction of sp³-hybridized carbons (Fsp3) is 0.333. The van der Waals surface area contributed by atoms with Crippen LogP contribution in [0.3, 0.4) is 0 Å². The van der Waals surface area contributed by atoms with Gasteiger partial charge in [-0.1, -0.05) is 66.2 Å². The molecule has 174 valence electrons. The summed E-state index contributed by atoms with van der Waals surface area (Å²) in [5.74, 6) is 0.236. The number of aliphatic hydroxyl groups excluding tert-OH is 1. The van der Waals surface area contributed by atoms with E-state index in [2.05, 4.69) is 0 Å². The van der Waals surface area contributed by atoms with Crippen molar-refractivity contribution in [1.29, 1.82) is 0 Å². The first-order valence-electron chi connectivity index (χ1n) is 11.1. The highest BCUT2D eigenvalue weighted by Crippen LogP contribution is 2.34. The molecule has 0 aromatic heterocycles. The fourth-order valence-electron chi connectivity index (χ4n) is 4.18. The van der Waals surface area contributed by atoms with E-state index in [-0.39, 0.29) is 18.0 Å². The number of aliphatic hydroxyl groups is 1. The van der Waals surface area contributed by atoms with Crippen molar-refractivity contribution in [2.24, 2.45) is 0 Å². The van der Waals surface area contributed by atoms with E-state index in [4.69, 9.17) is 25.8 Å². The molecule has 0 radical (unpaired) electrons. The topological polar surface area (TPSA) is 68.2 Å². The molecule has 3 aromatic carbocycles. The molecule has 3 aromatic rings. The molecule has 5 nitrogen and oxygen atoms in total. The number of halogens is 1. The Labute approximate surface area is 199 Å². The molecule has 4 rings (SSSR count). The van der Waals surface area contributed by atoms with Crippen LogP contribution in [-0.4, -0.2) is 36.1 Å². The van der Waals surface area contributed by atoms with Gasteiger partial charge in [0.15, 0.2) is 6.29 Å².